The molecule has 2 unspecified atom stereocenters. The topological polar surface area (TPSA) is 314 Å². The lowest BCUT2D eigenvalue weighted by atomic mass is 9.73. The summed E-state index contributed by atoms with van der Waals surface area (Å²) in [5, 5.41) is 13.3. The highest BCUT2D eigenvalue weighted by molar-refractivity contribution is 7.92. The van der Waals surface area contributed by atoms with Crippen molar-refractivity contribution in [2.24, 2.45) is 0 Å². The Bertz CT molecular complexity index is 7690. The molecule has 0 bridgehead atoms. The molecule has 744 valence electrons. The van der Waals surface area contributed by atoms with Crippen LogP contribution in [0.4, 0.5) is 5.69 Å². The van der Waals surface area contributed by atoms with E-state index in [4.69, 9.17) is 44.5 Å². The Balaban J connectivity index is 0.000000222. The van der Waals surface area contributed by atoms with E-state index in [1.807, 2.05) is 214 Å². The standard InChI is InChI=1S/C63H53N3O10S2.C57H53NO10S/c1-44-6-26-55(27-7-44)77(69,70)57-30-22-53(23-31-57)75-51-18-14-49(15-19-51)63(3,50-16-20-52(21-17-50)76-54-24-32-58(33-25-54)78(71,72)56-28-8-45(2)9-29-56)37-34-61(67)74-41-40-66-38-35-46(36-39-66)42-60(65-4)48-12-10-47(11-13-48)59(43-64)62(68)73-5;1-56(39-7-16-44(64-3)17-8-39,34-32-54(60)58-43-15-6-38-36-53(59)52(38)37-43)41-11-20-46(21-12-41)67-48-24-28-50(29-25-48)69(62,63)51-30-26-49(27-31-51)68-47-22-13-42(14-23-47)57(2,35-33-55(61)66-5)40-9-18-45(65-4)19-10-40/h6-33,35-36,38-39,42H,34,37,40-41H2,1-3,5H3;6-31,37H,32-36H2,1-5H3,(H,58,60). The van der Waals surface area contributed by atoms with Gasteiger partial charge in [0, 0.05) is 65.6 Å². The second-order valence-electron chi connectivity index (χ2n) is 35.9. The number of ether oxygens (including phenoxy) is 9. The molecular formula is C120H106N4O20S3. The van der Waals surface area contributed by atoms with E-state index in [1.165, 1.54) is 62.8 Å². The summed E-state index contributed by atoms with van der Waals surface area (Å²) in [4.78, 5) is 69.2. The van der Waals surface area contributed by atoms with Gasteiger partial charge in [-0.1, -0.05) is 159 Å². The summed E-state index contributed by atoms with van der Waals surface area (Å²) in [5.41, 5.74) is 9.10. The molecule has 27 heteroatoms. The summed E-state index contributed by atoms with van der Waals surface area (Å²) in [7, 11) is -5.49. The number of amides is 1. The predicted molar refractivity (Wildman–Crippen MR) is 559 cm³/mol. The third-order valence-corrected chi connectivity index (χ3v) is 31.6. The minimum Gasteiger partial charge on any atom is -0.497 e. The largest absolute Gasteiger partial charge is 0.497 e. The molecule has 0 saturated carbocycles. The van der Waals surface area contributed by atoms with Crippen LogP contribution in [0.2, 0.25) is 0 Å². The van der Waals surface area contributed by atoms with Gasteiger partial charge in [0.15, 0.2) is 11.5 Å². The van der Waals surface area contributed by atoms with Crippen LogP contribution in [0.5, 0.6) is 57.5 Å². The zero-order valence-corrected chi connectivity index (χ0v) is 84.7. The normalized spacial score (nSPS) is 12.9. The Kier molecular flexibility index (Phi) is 32.8. The van der Waals surface area contributed by atoms with Gasteiger partial charge >= 0.3 is 17.9 Å². The van der Waals surface area contributed by atoms with Crippen molar-refractivity contribution in [2.75, 3.05) is 46.9 Å². The molecule has 0 radical (unpaired) electrons. The molecular weight excluding hydrogens is 1910 g/mol. The summed E-state index contributed by atoms with van der Waals surface area (Å²) < 4.78 is 131. The van der Waals surface area contributed by atoms with Crippen LogP contribution in [0, 0.1) is 31.8 Å². The van der Waals surface area contributed by atoms with Gasteiger partial charge in [-0.25, -0.2) is 34.9 Å². The summed E-state index contributed by atoms with van der Waals surface area (Å²) in [6, 6.07) is 98.1. The SMILES string of the molecule is COC(=O)CCC(C)(c1ccc(OC)cc1)c1ccc(Oc2ccc(S(=O)(=O)c3ccc(Oc4ccc(C(C)(CCC(=O)Nc5ccc6c(c5)C(=O)C6)c5ccc(OC)cc5)cc4)cc3)cc2)cc1.[C-]#[N+]C(C=C1C=CN(CCOC(=O)CCC(C)(c2ccc(Oc3ccc(S(=O)(=O)c4ccc(C)cc4)cc3)cc2)c2ccc(Oc3ccc(S(=O)(=O)c4ccc(C)cc4)cc3)cc2)C=C1)=c1ccc(=C(C#N)C(=O)OC)cc1. The number of nitriles is 1. The first-order chi connectivity index (χ1) is 70.7. The van der Waals surface area contributed by atoms with Gasteiger partial charge in [-0.3, -0.25) is 19.2 Å². The van der Waals surface area contributed by atoms with Crippen molar-refractivity contribution in [3.8, 4) is 63.6 Å². The van der Waals surface area contributed by atoms with Crippen LogP contribution >= 0.6 is 0 Å². The fraction of sp³-hybridized carbons (Fsp3) is 0.175. The third-order valence-electron chi connectivity index (χ3n) is 26.3. The van der Waals surface area contributed by atoms with Gasteiger partial charge in [-0.15, -0.1) is 0 Å². The maximum absolute atomic E-state index is 13.7. The van der Waals surface area contributed by atoms with Gasteiger partial charge in [0.05, 0.1) is 70.9 Å². The minimum atomic E-state index is -3.87. The van der Waals surface area contributed by atoms with Gasteiger partial charge in [0.1, 0.15) is 75.7 Å². The molecule has 0 spiro atoms. The molecule has 1 N–H and O–H groups in total. The summed E-state index contributed by atoms with van der Waals surface area (Å²) in [6.45, 7) is 18.3. The van der Waals surface area contributed by atoms with Crippen molar-refractivity contribution in [1.29, 1.82) is 5.26 Å². The molecule has 147 heavy (non-hydrogen) atoms. The Morgan fingerprint density at radius 1 is 0.408 bits per heavy atom. The third kappa shape index (κ3) is 25.1. The molecule has 1 amide bonds. The minimum absolute atomic E-state index is 0.0794. The number of esters is 3. The molecule has 0 saturated heterocycles. The maximum Gasteiger partial charge on any atom is 0.349 e. The molecule has 0 fully saturated rings. The van der Waals surface area contributed by atoms with E-state index in [9.17, 15) is 54.5 Å². The van der Waals surface area contributed by atoms with Gasteiger partial charge in [-0.2, -0.15) is 5.26 Å². The van der Waals surface area contributed by atoms with Crippen molar-refractivity contribution in [3.05, 3.63) is 447 Å². The molecule has 16 rings (SSSR count). The summed E-state index contributed by atoms with van der Waals surface area (Å²) in [5.74, 6) is 3.93. The summed E-state index contributed by atoms with van der Waals surface area (Å²) in [6.07, 6.45) is 11.4. The zero-order valence-electron chi connectivity index (χ0n) is 82.2. The van der Waals surface area contributed by atoms with Crippen LogP contribution in [0.1, 0.15) is 120 Å². The smallest absolute Gasteiger partial charge is 0.349 e. The van der Waals surface area contributed by atoms with E-state index in [-0.39, 0.29) is 84.4 Å². The number of carbonyl (C=O) groups is 5. The lowest BCUT2D eigenvalue weighted by molar-refractivity contribution is -0.144. The van der Waals surface area contributed by atoms with E-state index in [1.54, 1.807) is 148 Å². The number of benzene rings is 14. The Labute approximate surface area is 855 Å². The lowest BCUT2D eigenvalue weighted by Crippen LogP contribution is -2.26. The molecule has 1 aliphatic carbocycles. The lowest BCUT2D eigenvalue weighted by Gasteiger charge is -2.31. The van der Waals surface area contributed by atoms with Gasteiger partial charge < -0.3 is 52.8 Å². The van der Waals surface area contributed by atoms with Crippen LogP contribution in [0.3, 0.4) is 0 Å². The molecule has 1 aliphatic heterocycles. The first kappa shape index (κ1) is 104. The van der Waals surface area contributed by atoms with Crippen LogP contribution < -0.4 is 44.2 Å². The van der Waals surface area contributed by atoms with Crippen molar-refractivity contribution in [2.45, 2.75) is 125 Å². The van der Waals surface area contributed by atoms with Crippen LogP contribution in [0.15, 0.2) is 399 Å². The average Bonchev–Trinajstić information content (AvgIpc) is 0.770. The van der Waals surface area contributed by atoms with Gasteiger partial charge in [0.25, 0.3) is 0 Å². The van der Waals surface area contributed by atoms with E-state index < -0.39 is 51.7 Å². The quantitative estimate of drug-likeness (QED) is 0.0215. The van der Waals surface area contributed by atoms with Crippen LogP contribution in [-0.2, 0) is 85.6 Å². The fourth-order valence-electron chi connectivity index (χ4n) is 17.1. The zero-order chi connectivity index (χ0) is 104. The maximum atomic E-state index is 13.7. The number of hydrogen-bond donors (Lipinski definition) is 1. The van der Waals surface area contributed by atoms with Crippen LogP contribution in [0.25, 0.3) is 16.1 Å². The summed E-state index contributed by atoms with van der Waals surface area (Å²) >= 11 is 0. The second kappa shape index (κ2) is 46.2. The van der Waals surface area contributed by atoms with Crippen molar-refractivity contribution in [1.82, 2.24) is 4.90 Å². The number of anilines is 1. The van der Waals surface area contributed by atoms with E-state index in [0.29, 0.717) is 106 Å². The van der Waals surface area contributed by atoms with Gasteiger partial charge in [0.2, 0.25) is 35.4 Å². The Morgan fingerprint density at radius 3 is 1.03 bits per heavy atom. The number of ketones is 1. The Hall–Kier alpha value is -17.0. The molecule has 2 aliphatic rings. The number of allylic oxidation sites excluding steroid dienone is 3. The number of hydrogen-bond acceptors (Lipinski definition) is 22. The molecule has 14 aromatic rings. The molecule has 0 aromatic heterocycles. The van der Waals surface area contributed by atoms with E-state index >= 15 is 0 Å². The number of aryl methyl sites for hydroxylation is 2. The number of rotatable bonds is 37. The average molecular weight is 2020 g/mol. The number of Topliss-reactive ketones (excluding diaryl/α,β-unsaturated/α-hetero) is 1. The number of methoxy groups -OCH3 is 4. The highest BCUT2D eigenvalue weighted by atomic mass is 32.2. The first-order valence-electron chi connectivity index (χ1n) is 47.1. The van der Waals surface area contributed by atoms with E-state index in [0.717, 1.165) is 67.1 Å². The molecule has 24 nitrogen and oxygen atoms in total. The number of nitrogens with zero attached hydrogens (tertiary/aromatic N) is 3. The van der Waals surface area contributed by atoms with Crippen molar-refractivity contribution in [3.63, 3.8) is 0 Å². The number of sulfone groups is 3. The first-order valence-corrected chi connectivity index (χ1v) is 51.6. The van der Waals surface area contributed by atoms with Gasteiger partial charge in [-0.05, 0) is 313 Å². The number of fused-ring (bicyclic) bond motifs is 1. The molecule has 1 heterocycles. The van der Waals surface area contributed by atoms with E-state index in [2.05, 4.69) is 28.7 Å². The second-order valence-corrected chi connectivity index (χ2v) is 41.7. The fourth-order valence-corrected chi connectivity index (χ4v) is 20.9. The molecule has 2 atom stereocenters. The Morgan fingerprint density at radius 2 is 0.721 bits per heavy atom. The molecule has 14 aromatic carbocycles. The van der Waals surface area contributed by atoms with Crippen molar-refractivity contribution < 1.29 is 91.9 Å². The monoisotopic (exact) mass is 2020 g/mol. The van der Waals surface area contributed by atoms with Crippen LogP contribution in [-0.4, -0.2) is 101 Å². The number of carbonyl (C=O) groups excluding carboxylic acids is 5. The van der Waals surface area contributed by atoms with Crippen molar-refractivity contribution >= 4 is 76.1 Å². The highest BCUT2D eigenvalue weighted by Gasteiger charge is 2.35. The number of nitrogens with one attached hydrogen (secondary N) is 1. The predicted octanol–water partition coefficient (Wildman–Crippen LogP) is 22.9. The highest BCUT2D eigenvalue weighted by Crippen LogP contribution is 2.44.